The van der Waals surface area contributed by atoms with Crippen molar-refractivity contribution in [1.29, 1.82) is 0 Å². The van der Waals surface area contributed by atoms with Crippen molar-refractivity contribution in [2.75, 3.05) is 0 Å². The summed E-state index contributed by atoms with van der Waals surface area (Å²) in [7, 11) is 0. The van der Waals surface area contributed by atoms with Crippen molar-refractivity contribution in [3.63, 3.8) is 0 Å². The van der Waals surface area contributed by atoms with E-state index in [1.165, 1.54) is 30.4 Å². The van der Waals surface area contributed by atoms with Crippen LogP contribution in [0.3, 0.4) is 0 Å². The molecule has 0 saturated heterocycles. The minimum Gasteiger partial charge on any atom is -0.411 e. The Hall–Kier alpha value is -1.82. The van der Waals surface area contributed by atoms with Gasteiger partial charge in [0.2, 0.25) is 0 Å². The first-order valence-electron chi connectivity index (χ1n) is 5.67. The normalized spacial score (nSPS) is 13.8. The highest BCUT2D eigenvalue weighted by Crippen LogP contribution is 2.24. The third-order valence-corrected chi connectivity index (χ3v) is 3.05. The number of ether oxygens (including phenoxy) is 1. The minimum absolute atomic E-state index is 0.259. The number of hydrogen-bond acceptors (Lipinski definition) is 3. The number of rotatable bonds is 5. The number of alkyl halides is 3. The molecule has 0 unspecified atom stereocenters. The van der Waals surface area contributed by atoms with E-state index in [0.717, 1.165) is 11.8 Å². The van der Waals surface area contributed by atoms with E-state index in [1.807, 2.05) is 0 Å². The lowest BCUT2D eigenvalue weighted by molar-refractivity contribution is -0.305. The maximum absolute atomic E-state index is 12.0. The van der Waals surface area contributed by atoms with Gasteiger partial charge >= 0.3 is 6.36 Å². The van der Waals surface area contributed by atoms with Gasteiger partial charge in [0.15, 0.2) is 6.29 Å². The molecule has 0 saturated carbocycles. The second-order valence-electron chi connectivity index (χ2n) is 3.80. The molecule has 0 fully saturated rings. The Morgan fingerprint density at radius 3 is 2.55 bits per heavy atom. The van der Waals surface area contributed by atoms with Crippen molar-refractivity contribution in [3.05, 3.63) is 52.0 Å². The number of allylic oxidation sites excluding steroid dienone is 6. The average molecular weight is 302 g/mol. The van der Waals surface area contributed by atoms with Crippen molar-refractivity contribution >= 4 is 23.2 Å². The highest BCUT2D eigenvalue weighted by molar-refractivity contribution is 7.11. The quantitative estimate of drug-likeness (QED) is 0.436. The van der Waals surface area contributed by atoms with Gasteiger partial charge in [0, 0.05) is 0 Å². The molecule has 0 bridgehead atoms. The molecule has 1 rings (SSSR count). The summed E-state index contributed by atoms with van der Waals surface area (Å²) in [5.41, 5.74) is 1.47. The van der Waals surface area contributed by atoms with Crippen LogP contribution < -0.4 is 0 Å². The van der Waals surface area contributed by atoms with E-state index >= 15 is 0 Å². The van der Waals surface area contributed by atoms with E-state index in [4.69, 9.17) is 0 Å². The molecule has 6 heteroatoms. The number of carbonyl (C=O) groups excluding carboxylic acids is 1. The standard InChI is InChI=1S/C14H13F3O2S/c1-3-4-11(12-7-13(8-18)20-9-12)6-5-10(2)19-14(15,16)17/h3-9H,1-2H3/b4-3-,10-5+,11-6+. The van der Waals surface area contributed by atoms with E-state index in [1.54, 1.807) is 30.5 Å². The van der Waals surface area contributed by atoms with Gasteiger partial charge in [-0.2, -0.15) is 0 Å². The highest BCUT2D eigenvalue weighted by atomic mass is 32.1. The fraction of sp³-hybridized carbons (Fsp3) is 0.214. The Labute approximate surface area is 118 Å². The van der Waals surface area contributed by atoms with Gasteiger partial charge in [0.25, 0.3) is 0 Å². The molecule has 2 nitrogen and oxygen atoms in total. The first-order valence-corrected chi connectivity index (χ1v) is 6.55. The molecule has 0 spiro atoms. The van der Waals surface area contributed by atoms with Crippen LogP contribution in [0.4, 0.5) is 13.2 Å². The Morgan fingerprint density at radius 2 is 2.05 bits per heavy atom. The Balaban J connectivity index is 2.99. The second kappa shape index (κ2) is 7.09. The fourth-order valence-electron chi connectivity index (χ4n) is 1.42. The summed E-state index contributed by atoms with van der Waals surface area (Å²) >= 11 is 1.27. The fourth-order valence-corrected chi connectivity index (χ4v) is 2.14. The van der Waals surface area contributed by atoms with Crippen LogP contribution >= 0.6 is 11.3 Å². The van der Waals surface area contributed by atoms with Crippen molar-refractivity contribution in [2.45, 2.75) is 20.2 Å². The zero-order valence-corrected chi connectivity index (χ0v) is 11.7. The molecule has 0 N–H and O–H groups in total. The van der Waals surface area contributed by atoms with Gasteiger partial charge in [-0.25, -0.2) is 0 Å². The van der Waals surface area contributed by atoms with E-state index in [-0.39, 0.29) is 5.76 Å². The van der Waals surface area contributed by atoms with Crippen LogP contribution in [0, 0.1) is 0 Å². The van der Waals surface area contributed by atoms with Crippen molar-refractivity contribution in [3.8, 4) is 0 Å². The SMILES string of the molecule is C\C=C/C(=C\C=C(/C)OC(F)(F)F)c1csc(C=O)c1. The van der Waals surface area contributed by atoms with Crippen LogP contribution in [0.2, 0.25) is 0 Å². The molecular weight excluding hydrogens is 289 g/mol. The lowest BCUT2D eigenvalue weighted by Gasteiger charge is -2.08. The number of halogens is 3. The van der Waals surface area contributed by atoms with Gasteiger partial charge in [0.05, 0.1) is 4.88 Å². The molecule has 0 aliphatic rings. The van der Waals surface area contributed by atoms with E-state index in [9.17, 15) is 18.0 Å². The number of aldehydes is 1. The molecule has 1 aromatic heterocycles. The molecule has 0 radical (unpaired) electrons. The zero-order chi connectivity index (χ0) is 15.2. The van der Waals surface area contributed by atoms with Crippen LogP contribution in [-0.2, 0) is 4.74 Å². The second-order valence-corrected chi connectivity index (χ2v) is 4.75. The van der Waals surface area contributed by atoms with Crippen molar-refractivity contribution < 1.29 is 22.7 Å². The summed E-state index contributed by atoms with van der Waals surface area (Å²) in [5.74, 6) is -0.259. The average Bonchev–Trinajstić information content (AvgIpc) is 2.80. The lowest BCUT2D eigenvalue weighted by atomic mass is 10.1. The largest absolute Gasteiger partial charge is 0.572 e. The first kappa shape index (κ1) is 16.2. The molecule has 1 heterocycles. The number of thiophene rings is 1. The molecule has 0 aromatic carbocycles. The van der Waals surface area contributed by atoms with Crippen molar-refractivity contribution in [1.82, 2.24) is 0 Å². The predicted molar refractivity (Wildman–Crippen MR) is 73.4 cm³/mol. The highest BCUT2D eigenvalue weighted by Gasteiger charge is 2.30. The van der Waals surface area contributed by atoms with Gasteiger partial charge in [-0.15, -0.1) is 24.5 Å². The molecule has 108 valence electrons. The molecular formula is C14H13F3O2S. The van der Waals surface area contributed by atoms with E-state index < -0.39 is 6.36 Å². The van der Waals surface area contributed by atoms with Crippen LogP contribution in [0.15, 0.2) is 41.5 Å². The summed E-state index contributed by atoms with van der Waals surface area (Å²) in [5, 5.41) is 1.77. The molecule has 0 aliphatic carbocycles. The topological polar surface area (TPSA) is 26.3 Å². The van der Waals surface area contributed by atoms with E-state index in [0.29, 0.717) is 10.5 Å². The summed E-state index contributed by atoms with van der Waals surface area (Å²) in [4.78, 5) is 11.2. The maximum atomic E-state index is 12.0. The zero-order valence-electron chi connectivity index (χ0n) is 10.9. The monoisotopic (exact) mass is 302 g/mol. The predicted octanol–water partition coefficient (Wildman–Crippen LogP) is 4.96. The Bertz CT molecular complexity index is 551. The summed E-state index contributed by atoms with van der Waals surface area (Å²) < 4.78 is 39.8. The smallest absolute Gasteiger partial charge is 0.411 e. The Morgan fingerprint density at radius 1 is 1.35 bits per heavy atom. The molecule has 0 amide bonds. The molecule has 0 atom stereocenters. The number of carbonyl (C=O) groups is 1. The minimum atomic E-state index is -4.69. The maximum Gasteiger partial charge on any atom is 0.572 e. The van der Waals surface area contributed by atoms with Gasteiger partial charge in [0.1, 0.15) is 5.76 Å². The third-order valence-electron chi connectivity index (χ3n) is 2.19. The van der Waals surface area contributed by atoms with Gasteiger partial charge in [-0.1, -0.05) is 18.2 Å². The molecule has 20 heavy (non-hydrogen) atoms. The van der Waals surface area contributed by atoms with Crippen LogP contribution in [0.5, 0.6) is 0 Å². The molecule has 1 aromatic rings. The first-order chi connectivity index (χ1) is 9.35. The van der Waals surface area contributed by atoms with Crippen LogP contribution in [-0.4, -0.2) is 12.6 Å². The Kier molecular flexibility index (Phi) is 5.76. The lowest BCUT2D eigenvalue weighted by Crippen LogP contribution is -2.11. The third kappa shape index (κ3) is 5.44. The van der Waals surface area contributed by atoms with Crippen LogP contribution in [0.1, 0.15) is 29.1 Å². The summed E-state index contributed by atoms with van der Waals surface area (Å²) in [6.07, 6.45) is 2.29. The summed E-state index contributed by atoms with van der Waals surface area (Å²) in [6, 6.07) is 1.68. The van der Waals surface area contributed by atoms with E-state index in [2.05, 4.69) is 4.74 Å². The van der Waals surface area contributed by atoms with Gasteiger partial charge in [-0.3, -0.25) is 4.79 Å². The van der Waals surface area contributed by atoms with Gasteiger partial charge < -0.3 is 4.74 Å². The van der Waals surface area contributed by atoms with Crippen molar-refractivity contribution in [2.24, 2.45) is 0 Å². The molecule has 0 aliphatic heterocycles. The van der Waals surface area contributed by atoms with Crippen LogP contribution in [0.25, 0.3) is 5.57 Å². The van der Waals surface area contributed by atoms with Gasteiger partial charge in [-0.05, 0) is 42.5 Å². The summed E-state index contributed by atoms with van der Waals surface area (Å²) in [6.45, 7) is 3.02. The number of hydrogen-bond donors (Lipinski definition) is 0.